The van der Waals surface area contributed by atoms with Gasteiger partial charge in [-0.15, -0.1) is 0 Å². The number of ether oxygens (including phenoxy) is 2. The maximum Gasteiger partial charge on any atom is 0.416 e. The Hall–Kier alpha value is -7.16. The minimum atomic E-state index is -4.64. The van der Waals surface area contributed by atoms with Crippen LogP contribution >= 0.6 is 0 Å². The van der Waals surface area contributed by atoms with Gasteiger partial charge >= 0.3 is 12.4 Å². The first kappa shape index (κ1) is 31.4. The summed E-state index contributed by atoms with van der Waals surface area (Å²) in [6.45, 7) is 0. The molecule has 7 rings (SSSR count). The first-order valence-corrected chi connectivity index (χ1v) is 14.3. The highest BCUT2D eigenvalue weighted by atomic mass is 19.4. The average molecular weight is 677 g/mol. The molecule has 5 aromatic rings. The lowest BCUT2D eigenvalue weighted by atomic mass is 9.84. The topological polar surface area (TPSA) is 138 Å². The Morgan fingerprint density at radius 1 is 0.540 bits per heavy atom. The van der Waals surface area contributed by atoms with Crippen molar-refractivity contribution in [3.8, 4) is 58.0 Å². The van der Waals surface area contributed by atoms with E-state index in [0.717, 1.165) is 24.3 Å². The average Bonchev–Trinajstić information content (AvgIpc) is 3.71. The van der Waals surface area contributed by atoms with Gasteiger partial charge in [0.25, 0.3) is 0 Å². The molecule has 2 N–H and O–H groups in total. The first-order chi connectivity index (χ1) is 23.9. The molecule has 0 unspecified atom stereocenters. The van der Waals surface area contributed by atoms with Crippen molar-refractivity contribution in [1.29, 1.82) is 21.0 Å². The fourth-order valence-corrected chi connectivity index (χ4v) is 5.95. The van der Waals surface area contributed by atoms with E-state index in [4.69, 9.17) is 9.47 Å². The van der Waals surface area contributed by atoms with Crippen molar-refractivity contribution in [2.75, 3.05) is 10.6 Å². The number of fused-ring (bicyclic) bond motifs is 5. The number of benzene rings is 5. The summed E-state index contributed by atoms with van der Waals surface area (Å²) in [5.41, 5.74) is -0.651. The molecule has 0 saturated heterocycles. The lowest BCUT2D eigenvalue weighted by molar-refractivity contribution is -0.138. The SMILES string of the molecule is N#CC(C#N)=C1Nc2cc3c(-c4ccc(C(F)(F)F)cc4)c4ccc5c(c4c(-c4ccc(C(F)(F)F)cc4)c3cc2O1)OC(=C(C#N)C#N)N5. The number of anilines is 2. The summed E-state index contributed by atoms with van der Waals surface area (Å²) < 4.78 is 93.4. The third kappa shape index (κ3) is 5.00. The van der Waals surface area contributed by atoms with Gasteiger partial charge in [0.05, 0.1) is 22.5 Å². The molecule has 2 aliphatic rings. The van der Waals surface area contributed by atoms with E-state index in [0.29, 0.717) is 49.6 Å². The largest absolute Gasteiger partial charge is 0.437 e. The highest BCUT2D eigenvalue weighted by molar-refractivity contribution is 6.25. The molecule has 0 spiro atoms. The van der Waals surface area contributed by atoms with Gasteiger partial charge in [-0.2, -0.15) is 47.4 Å². The number of nitriles is 4. The van der Waals surface area contributed by atoms with E-state index < -0.39 is 29.1 Å². The van der Waals surface area contributed by atoms with Crippen LogP contribution < -0.4 is 20.1 Å². The van der Waals surface area contributed by atoms with Crippen LogP contribution in [0.5, 0.6) is 11.5 Å². The molecule has 242 valence electrons. The van der Waals surface area contributed by atoms with Gasteiger partial charge in [-0.25, -0.2) is 0 Å². The van der Waals surface area contributed by atoms with Crippen molar-refractivity contribution in [1.82, 2.24) is 0 Å². The van der Waals surface area contributed by atoms with Gasteiger partial charge in [-0.1, -0.05) is 30.3 Å². The summed E-state index contributed by atoms with van der Waals surface area (Å²) in [5.74, 6) is -0.115. The first-order valence-electron chi connectivity index (χ1n) is 14.3. The van der Waals surface area contributed by atoms with Gasteiger partial charge < -0.3 is 20.1 Å². The van der Waals surface area contributed by atoms with E-state index >= 15 is 0 Å². The number of nitrogens with zero attached hydrogens (tertiary/aromatic N) is 4. The standard InChI is InChI=1S/C36H14F6N6O2/c37-35(38,39)21-5-1-17(2-6-21)29-23-9-10-26-32(50-34(47-26)20(15-45)16-46)31(23)30(18-3-7-22(8-4-18)36(40,41)42)25-12-28-27(11-24(25)29)48-33(49-28)19(13-43)14-44/h1-12,47-48H. The van der Waals surface area contributed by atoms with Crippen molar-refractivity contribution in [3.63, 3.8) is 0 Å². The molecular weight excluding hydrogens is 662 g/mol. The number of hydrogen-bond acceptors (Lipinski definition) is 8. The quantitative estimate of drug-likeness (QED) is 0.107. The van der Waals surface area contributed by atoms with Gasteiger partial charge in [0, 0.05) is 10.9 Å². The summed E-state index contributed by atoms with van der Waals surface area (Å²) in [7, 11) is 0. The van der Waals surface area contributed by atoms with E-state index in [9.17, 15) is 47.4 Å². The van der Waals surface area contributed by atoms with Crippen LogP contribution in [0.15, 0.2) is 95.7 Å². The highest BCUT2D eigenvalue weighted by Gasteiger charge is 2.33. The number of allylic oxidation sites excluding steroid dienone is 2. The molecule has 5 aromatic carbocycles. The molecule has 0 radical (unpaired) electrons. The van der Waals surface area contributed by atoms with Crippen LogP contribution in [-0.2, 0) is 12.4 Å². The minimum Gasteiger partial charge on any atom is -0.437 e. The lowest BCUT2D eigenvalue weighted by Gasteiger charge is -2.20. The Kier molecular flexibility index (Phi) is 7.06. The molecule has 0 atom stereocenters. The second kappa shape index (κ2) is 11.2. The molecule has 0 aliphatic carbocycles. The van der Waals surface area contributed by atoms with Gasteiger partial charge in [-0.3, -0.25) is 0 Å². The van der Waals surface area contributed by atoms with Crippen molar-refractivity contribution in [3.05, 3.63) is 107 Å². The van der Waals surface area contributed by atoms with Crippen molar-refractivity contribution >= 4 is 32.9 Å². The zero-order valence-electron chi connectivity index (χ0n) is 24.8. The number of halogens is 6. The second-order valence-corrected chi connectivity index (χ2v) is 11.0. The fourth-order valence-electron chi connectivity index (χ4n) is 5.95. The predicted octanol–water partition coefficient (Wildman–Crippen LogP) is 9.49. The number of alkyl halides is 6. The van der Waals surface area contributed by atoms with Crippen LogP contribution in [-0.4, -0.2) is 0 Å². The Labute approximate surface area is 277 Å². The molecule has 2 heterocycles. The molecular formula is C36H14F6N6O2. The van der Waals surface area contributed by atoms with E-state index in [1.54, 1.807) is 42.5 Å². The minimum absolute atomic E-state index is 0.0989. The highest BCUT2D eigenvalue weighted by Crippen LogP contribution is 2.53. The Morgan fingerprint density at radius 2 is 1.02 bits per heavy atom. The van der Waals surface area contributed by atoms with Crippen LogP contribution in [0.3, 0.4) is 0 Å². The third-order valence-electron chi connectivity index (χ3n) is 8.15. The Bertz CT molecular complexity index is 2510. The van der Waals surface area contributed by atoms with Gasteiger partial charge in [0.15, 0.2) is 22.6 Å². The molecule has 0 aromatic heterocycles. The molecule has 0 saturated carbocycles. The maximum atomic E-state index is 13.6. The predicted molar refractivity (Wildman–Crippen MR) is 167 cm³/mol. The third-order valence-corrected chi connectivity index (χ3v) is 8.15. The Balaban J connectivity index is 1.63. The molecule has 0 fully saturated rings. The summed E-state index contributed by atoms with van der Waals surface area (Å²) >= 11 is 0. The number of nitrogens with one attached hydrogen (secondary N) is 2. The molecule has 50 heavy (non-hydrogen) atoms. The monoisotopic (exact) mass is 676 g/mol. The fraction of sp³-hybridized carbons (Fsp3) is 0.0556. The van der Waals surface area contributed by atoms with E-state index in [1.165, 1.54) is 30.3 Å². The smallest absolute Gasteiger partial charge is 0.416 e. The van der Waals surface area contributed by atoms with Gasteiger partial charge in [0.1, 0.15) is 24.3 Å². The van der Waals surface area contributed by atoms with Crippen molar-refractivity contribution < 1.29 is 35.8 Å². The zero-order chi connectivity index (χ0) is 35.5. The van der Waals surface area contributed by atoms with Crippen LogP contribution in [0.4, 0.5) is 37.7 Å². The molecule has 0 bridgehead atoms. The summed E-state index contributed by atoms with van der Waals surface area (Å²) in [4.78, 5) is 0. The van der Waals surface area contributed by atoms with Gasteiger partial charge in [-0.05, 0) is 75.3 Å². The summed E-state index contributed by atoms with van der Waals surface area (Å²) in [5, 5.41) is 45.1. The zero-order valence-corrected chi connectivity index (χ0v) is 24.8. The summed E-state index contributed by atoms with van der Waals surface area (Å²) in [6, 6.07) is 22.0. The van der Waals surface area contributed by atoms with Crippen LogP contribution in [0.25, 0.3) is 43.8 Å². The van der Waals surface area contributed by atoms with Gasteiger partial charge in [0.2, 0.25) is 11.8 Å². The van der Waals surface area contributed by atoms with Crippen molar-refractivity contribution in [2.45, 2.75) is 12.4 Å². The van der Waals surface area contributed by atoms with E-state index in [2.05, 4.69) is 10.6 Å². The summed E-state index contributed by atoms with van der Waals surface area (Å²) in [6.07, 6.45) is -9.27. The number of hydrogen-bond donors (Lipinski definition) is 2. The number of rotatable bonds is 2. The normalized spacial score (nSPS) is 13.1. The maximum absolute atomic E-state index is 13.6. The molecule has 14 heteroatoms. The van der Waals surface area contributed by atoms with Crippen molar-refractivity contribution in [2.24, 2.45) is 0 Å². The van der Waals surface area contributed by atoms with Crippen LogP contribution in [0.1, 0.15) is 11.1 Å². The van der Waals surface area contributed by atoms with E-state index in [-0.39, 0.29) is 34.4 Å². The molecule has 2 aliphatic heterocycles. The second-order valence-electron chi connectivity index (χ2n) is 11.0. The van der Waals surface area contributed by atoms with E-state index in [1.807, 2.05) is 0 Å². The molecule has 0 amide bonds. The lowest BCUT2D eigenvalue weighted by Crippen LogP contribution is -2.04. The molecule has 8 nitrogen and oxygen atoms in total. The van der Waals surface area contributed by atoms with Crippen LogP contribution in [0.2, 0.25) is 0 Å². The Morgan fingerprint density at radius 3 is 1.54 bits per heavy atom. The van der Waals surface area contributed by atoms with Crippen LogP contribution in [0, 0.1) is 45.3 Å².